The van der Waals surface area contributed by atoms with Crippen molar-refractivity contribution in [1.29, 1.82) is 0 Å². The van der Waals surface area contributed by atoms with E-state index < -0.39 is 17.9 Å². The molecule has 0 saturated heterocycles. The summed E-state index contributed by atoms with van der Waals surface area (Å²) >= 11 is 1.42. The van der Waals surface area contributed by atoms with E-state index in [9.17, 15) is 18.4 Å². The number of rotatable bonds is 7. The molecule has 37 heavy (non-hydrogen) atoms. The smallest absolute Gasteiger partial charge is 0.254 e. The van der Waals surface area contributed by atoms with Crippen LogP contribution >= 0.6 is 11.3 Å². The second-order valence-corrected chi connectivity index (χ2v) is 11.4. The third-order valence-electron chi connectivity index (χ3n) is 7.28. The number of anilines is 3. The normalized spacial score (nSPS) is 20.7. The third kappa shape index (κ3) is 4.72. The van der Waals surface area contributed by atoms with Gasteiger partial charge in [0.05, 0.1) is 11.3 Å². The first-order chi connectivity index (χ1) is 17.7. The predicted molar refractivity (Wildman–Crippen MR) is 133 cm³/mol. The average Bonchev–Trinajstić information content (AvgIpc) is 3.35. The van der Waals surface area contributed by atoms with Crippen LogP contribution in [0.5, 0.6) is 0 Å². The van der Waals surface area contributed by atoms with Crippen molar-refractivity contribution in [2.45, 2.75) is 69.9 Å². The average molecular weight is 531 g/mol. The fourth-order valence-electron chi connectivity index (χ4n) is 5.15. The van der Waals surface area contributed by atoms with Gasteiger partial charge >= 0.3 is 0 Å². The van der Waals surface area contributed by atoms with Crippen LogP contribution in [-0.2, 0) is 24.7 Å². The molecule has 10 nitrogen and oxygen atoms in total. The predicted octanol–water partition coefficient (Wildman–Crippen LogP) is 3.73. The number of fused-ring (bicyclic) bond motifs is 1. The maximum Gasteiger partial charge on any atom is 0.254 e. The van der Waals surface area contributed by atoms with Gasteiger partial charge in [0, 0.05) is 48.8 Å². The molecule has 2 fully saturated rings. The zero-order valence-electron chi connectivity index (χ0n) is 20.6. The minimum absolute atomic E-state index is 0.0191. The van der Waals surface area contributed by atoms with Gasteiger partial charge in [-0.05, 0) is 44.6 Å². The molecule has 2 amide bonds. The Morgan fingerprint density at radius 2 is 2.00 bits per heavy atom. The standard InChI is InChI=1S/C24H28F2N8O2S/c1-12-7-18(33(2)32-12)29-23-31-27-11-34(23)15-5-6-17-16(8-15)19(21(36)28-14-9-24(25,26)10-14)22(37-17)30-20(35)13-3-4-13/h7,11,13-15H,3-6,8-10H2,1-2H3,(H,28,36)(H,29,31)(H,30,35). The van der Waals surface area contributed by atoms with E-state index in [2.05, 4.69) is 31.2 Å². The third-order valence-corrected chi connectivity index (χ3v) is 8.49. The van der Waals surface area contributed by atoms with E-state index in [1.54, 1.807) is 11.0 Å². The highest BCUT2D eigenvalue weighted by Gasteiger charge is 2.46. The number of aryl methyl sites for hydroxylation is 3. The Morgan fingerprint density at radius 1 is 1.22 bits per heavy atom. The van der Waals surface area contributed by atoms with Crippen molar-refractivity contribution in [3.05, 3.63) is 34.1 Å². The summed E-state index contributed by atoms with van der Waals surface area (Å²) in [5, 5.41) is 22.2. The summed E-state index contributed by atoms with van der Waals surface area (Å²) in [6, 6.07) is 1.32. The van der Waals surface area contributed by atoms with Crippen LogP contribution in [0.3, 0.4) is 0 Å². The molecule has 1 unspecified atom stereocenters. The van der Waals surface area contributed by atoms with Gasteiger partial charge in [-0.2, -0.15) is 5.10 Å². The molecule has 196 valence electrons. The molecule has 1 atom stereocenters. The molecule has 3 heterocycles. The largest absolute Gasteiger partial charge is 0.349 e. The Labute approximate surface area is 215 Å². The highest BCUT2D eigenvalue weighted by molar-refractivity contribution is 7.17. The number of nitrogens with zero attached hydrogens (tertiary/aromatic N) is 5. The van der Waals surface area contributed by atoms with Gasteiger partial charge in [-0.1, -0.05) is 0 Å². The SMILES string of the molecule is Cc1cc(Nc2nncn2C2CCc3sc(NC(=O)C4CC4)c(C(=O)NC4CC(F)(F)C4)c3C2)n(C)n1. The van der Waals surface area contributed by atoms with Crippen molar-refractivity contribution in [2.24, 2.45) is 13.0 Å². The fourth-order valence-corrected chi connectivity index (χ4v) is 6.40. The molecule has 0 radical (unpaired) electrons. The number of hydrogen-bond donors (Lipinski definition) is 3. The number of carbonyl (C=O) groups excluding carboxylic acids is 2. The van der Waals surface area contributed by atoms with Crippen LogP contribution in [0.15, 0.2) is 12.4 Å². The van der Waals surface area contributed by atoms with Crippen LogP contribution in [0.25, 0.3) is 0 Å². The molecule has 0 spiro atoms. The number of thiophene rings is 1. The highest BCUT2D eigenvalue weighted by Crippen LogP contribution is 2.43. The van der Waals surface area contributed by atoms with Gasteiger partial charge in [0.15, 0.2) is 0 Å². The van der Waals surface area contributed by atoms with E-state index >= 15 is 0 Å². The van der Waals surface area contributed by atoms with Crippen molar-refractivity contribution in [3.8, 4) is 0 Å². The summed E-state index contributed by atoms with van der Waals surface area (Å²) in [5.41, 5.74) is 2.13. The number of alkyl halides is 2. The topological polar surface area (TPSA) is 119 Å². The molecule has 3 aliphatic rings. The first-order valence-electron chi connectivity index (χ1n) is 12.5. The number of halogens is 2. The maximum atomic E-state index is 13.4. The van der Waals surface area contributed by atoms with Crippen molar-refractivity contribution in [2.75, 3.05) is 10.6 Å². The number of nitrogens with one attached hydrogen (secondary N) is 3. The first-order valence-corrected chi connectivity index (χ1v) is 13.3. The molecule has 0 aliphatic heterocycles. The quantitative estimate of drug-likeness (QED) is 0.428. The van der Waals surface area contributed by atoms with Gasteiger partial charge in [0.25, 0.3) is 11.8 Å². The molecular formula is C24H28F2N8O2S. The minimum Gasteiger partial charge on any atom is -0.349 e. The first kappa shape index (κ1) is 24.0. The fraction of sp³-hybridized carbons (Fsp3) is 0.542. The Bertz CT molecular complexity index is 1370. The molecule has 6 rings (SSSR count). The van der Waals surface area contributed by atoms with E-state index in [-0.39, 0.29) is 30.7 Å². The maximum absolute atomic E-state index is 13.4. The summed E-state index contributed by atoms with van der Waals surface area (Å²) < 4.78 is 30.5. The molecular weight excluding hydrogens is 502 g/mol. The summed E-state index contributed by atoms with van der Waals surface area (Å²) in [7, 11) is 1.84. The lowest BCUT2D eigenvalue weighted by atomic mass is 9.87. The van der Waals surface area contributed by atoms with Crippen LogP contribution in [0.1, 0.15) is 64.6 Å². The minimum atomic E-state index is -2.73. The van der Waals surface area contributed by atoms with E-state index in [0.29, 0.717) is 29.4 Å². The van der Waals surface area contributed by atoms with Crippen LogP contribution in [0, 0.1) is 12.8 Å². The van der Waals surface area contributed by atoms with E-state index in [1.165, 1.54) is 11.3 Å². The number of carbonyl (C=O) groups is 2. The Morgan fingerprint density at radius 3 is 2.68 bits per heavy atom. The van der Waals surface area contributed by atoms with Crippen molar-refractivity contribution >= 4 is 39.9 Å². The van der Waals surface area contributed by atoms with Crippen LogP contribution in [0.4, 0.5) is 25.5 Å². The lowest BCUT2D eigenvalue weighted by Gasteiger charge is -2.35. The second-order valence-electron chi connectivity index (χ2n) is 10.3. The van der Waals surface area contributed by atoms with Gasteiger partial charge in [-0.25, -0.2) is 8.78 Å². The van der Waals surface area contributed by atoms with Gasteiger partial charge in [-0.15, -0.1) is 21.5 Å². The Hall–Kier alpha value is -3.35. The number of amides is 2. The summed E-state index contributed by atoms with van der Waals surface area (Å²) in [4.78, 5) is 27.0. The molecule has 3 aromatic rings. The van der Waals surface area contributed by atoms with Crippen molar-refractivity contribution in [1.82, 2.24) is 29.9 Å². The van der Waals surface area contributed by atoms with E-state index in [0.717, 1.165) is 41.2 Å². The Kier molecular flexibility index (Phi) is 5.77. The molecule has 0 aromatic carbocycles. The van der Waals surface area contributed by atoms with Crippen LogP contribution in [0.2, 0.25) is 0 Å². The lowest BCUT2D eigenvalue weighted by Crippen LogP contribution is -2.50. The molecule has 3 aliphatic carbocycles. The van der Waals surface area contributed by atoms with Gasteiger partial charge in [0.2, 0.25) is 11.9 Å². The van der Waals surface area contributed by atoms with Gasteiger partial charge < -0.3 is 16.0 Å². The zero-order valence-corrected chi connectivity index (χ0v) is 21.4. The van der Waals surface area contributed by atoms with Crippen LogP contribution in [-0.4, -0.2) is 48.3 Å². The number of hydrogen-bond acceptors (Lipinski definition) is 7. The summed E-state index contributed by atoms with van der Waals surface area (Å²) in [5.74, 6) is -1.90. The van der Waals surface area contributed by atoms with Gasteiger partial charge in [-0.3, -0.25) is 18.8 Å². The van der Waals surface area contributed by atoms with Crippen molar-refractivity contribution in [3.63, 3.8) is 0 Å². The lowest BCUT2D eigenvalue weighted by molar-refractivity contribution is -0.117. The zero-order chi connectivity index (χ0) is 25.9. The van der Waals surface area contributed by atoms with E-state index in [1.807, 2.05) is 24.6 Å². The highest BCUT2D eigenvalue weighted by atomic mass is 32.1. The second kappa shape index (κ2) is 8.89. The molecule has 2 saturated carbocycles. The van der Waals surface area contributed by atoms with E-state index in [4.69, 9.17) is 0 Å². The molecule has 3 N–H and O–H groups in total. The van der Waals surface area contributed by atoms with Crippen molar-refractivity contribution < 1.29 is 18.4 Å². The van der Waals surface area contributed by atoms with Crippen LogP contribution < -0.4 is 16.0 Å². The molecule has 13 heteroatoms. The Balaban J connectivity index is 1.27. The number of aromatic nitrogens is 5. The monoisotopic (exact) mass is 530 g/mol. The molecule has 3 aromatic heterocycles. The summed E-state index contributed by atoms with van der Waals surface area (Å²) in [6.45, 7) is 1.91. The van der Waals surface area contributed by atoms with Gasteiger partial charge in [0.1, 0.15) is 17.1 Å². The summed E-state index contributed by atoms with van der Waals surface area (Å²) in [6.07, 6.45) is 4.69. The molecule has 0 bridgehead atoms.